The SMILES string of the molecule is CCC1CCCC(NC(C(=O)OC)C(C)C)C1. The van der Waals surface area contributed by atoms with Crippen LogP contribution < -0.4 is 5.32 Å². The maximum atomic E-state index is 11.7. The molecule has 3 unspecified atom stereocenters. The van der Waals surface area contributed by atoms with Crippen LogP contribution in [0.3, 0.4) is 0 Å². The first kappa shape index (κ1) is 14.5. The molecule has 1 fully saturated rings. The Kier molecular flexibility index (Phi) is 5.96. The van der Waals surface area contributed by atoms with E-state index in [1.807, 2.05) is 0 Å². The van der Waals surface area contributed by atoms with E-state index in [0.717, 1.165) is 5.92 Å². The lowest BCUT2D eigenvalue weighted by Crippen LogP contribution is -2.48. The quantitative estimate of drug-likeness (QED) is 0.752. The summed E-state index contributed by atoms with van der Waals surface area (Å²) in [6.07, 6.45) is 6.28. The van der Waals surface area contributed by atoms with Gasteiger partial charge in [0.15, 0.2) is 0 Å². The second-order valence-corrected chi connectivity index (χ2v) is 5.55. The number of carbonyl (C=O) groups excluding carboxylic acids is 1. The normalized spacial score (nSPS) is 26.9. The summed E-state index contributed by atoms with van der Waals surface area (Å²) in [5.74, 6) is 0.981. The summed E-state index contributed by atoms with van der Waals surface area (Å²) in [4.78, 5) is 11.7. The molecule has 0 spiro atoms. The number of ether oxygens (including phenoxy) is 1. The number of rotatable bonds is 5. The largest absolute Gasteiger partial charge is 0.468 e. The highest BCUT2D eigenvalue weighted by Gasteiger charge is 2.28. The third-order valence-electron chi connectivity index (χ3n) is 3.90. The van der Waals surface area contributed by atoms with Gasteiger partial charge in [0.2, 0.25) is 0 Å². The number of carbonyl (C=O) groups is 1. The first-order valence-electron chi connectivity index (χ1n) is 6.92. The van der Waals surface area contributed by atoms with Gasteiger partial charge in [-0.2, -0.15) is 0 Å². The molecule has 1 saturated carbocycles. The van der Waals surface area contributed by atoms with Crippen molar-refractivity contribution in [1.82, 2.24) is 5.32 Å². The summed E-state index contributed by atoms with van der Waals surface area (Å²) < 4.78 is 4.87. The smallest absolute Gasteiger partial charge is 0.323 e. The van der Waals surface area contributed by atoms with Crippen LogP contribution in [-0.4, -0.2) is 25.2 Å². The van der Waals surface area contributed by atoms with Crippen LogP contribution in [0.5, 0.6) is 0 Å². The fraction of sp³-hybridized carbons (Fsp3) is 0.929. The van der Waals surface area contributed by atoms with E-state index in [1.165, 1.54) is 39.2 Å². The summed E-state index contributed by atoms with van der Waals surface area (Å²) in [5, 5.41) is 3.50. The van der Waals surface area contributed by atoms with Crippen molar-refractivity contribution in [2.45, 2.75) is 65.0 Å². The number of hydrogen-bond acceptors (Lipinski definition) is 3. The summed E-state index contributed by atoms with van der Waals surface area (Å²) >= 11 is 0. The number of nitrogens with one attached hydrogen (secondary N) is 1. The highest BCUT2D eigenvalue weighted by Crippen LogP contribution is 2.27. The number of esters is 1. The van der Waals surface area contributed by atoms with Gasteiger partial charge in [-0.25, -0.2) is 0 Å². The molecule has 3 nitrogen and oxygen atoms in total. The van der Waals surface area contributed by atoms with E-state index in [2.05, 4.69) is 26.1 Å². The molecule has 17 heavy (non-hydrogen) atoms. The highest BCUT2D eigenvalue weighted by molar-refractivity contribution is 5.75. The van der Waals surface area contributed by atoms with Gasteiger partial charge >= 0.3 is 5.97 Å². The van der Waals surface area contributed by atoms with E-state index < -0.39 is 0 Å². The molecule has 0 aromatic carbocycles. The molecule has 3 heteroatoms. The Bertz CT molecular complexity index is 240. The molecule has 3 atom stereocenters. The maximum absolute atomic E-state index is 11.7. The zero-order chi connectivity index (χ0) is 12.8. The van der Waals surface area contributed by atoms with E-state index in [9.17, 15) is 4.79 Å². The molecule has 0 heterocycles. The van der Waals surface area contributed by atoms with E-state index in [0.29, 0.717) is 6.04 Å². The van der Waals surface area contributed by atoms with Crippen molar-refractivity contribution in [3.8, 4) is 0 Å². The standard InChI is InChI=1S/C14H27NO2/c1-5-11-7-6-8-12(9-11)15-13(10(2)3)14(16)17-4/h10-13,15H,5-9H2,1-4H3. The van der Waals surface area contributed by atoms with E-state index in [-0.39, 0.29) is 17.9 Å². The van der Waals surface area contributed by atoms with Crippen molar-refractivity contribution in [3.05, 3.63) is 0 Å². The fourth-order valence-electron chi connectivity index (χ4n) is 2.73. The zero-order valence-electron chi connectivity index (χ0n) is 11.7. The lowest BCUT2D eigenvalue weighted by atomic mass is 9.83. The van der Waals surface area contributed by atoms with Gasteiger partial charge < -0.3 is 10.1 Å². The topological polar surface area (TPSA) is 38.3 Å². The van der Waals surface area contributed by atoms with Gasteiger partial charge in [-0.3, -0.25) is 4.79 Å². The second kappa shape index (κ2) is 7.00. The van der Waals surface area contributed by atoms with Crippen molar-refractivity contribution >= 4 is 5.97 Å². The number of methoxy groups -OCH3 is 1. The Labute approximate surface area is 105 Å². The molecule has 100 valence electrons. The summed E-state index contributed by atoms with van der Waals surface area (Å²) in [7, 11) is 1.47. The zero-order valence-corrected chi connectivity index (χ0v) is 11.7. The first-order chi connectivity index (χ1) is 8.08. The van der Waals surface area contributed by atoms with Crippen molar-refractivity contribution in [2.24, 2.45) is 11.8 Å². The predicted molar refractivity (Wildman–Crippen MR) is 69.8 cm³/mol. The molecule has 0 radical (unpaired) electrons. The van der Waals surface area contributed by atoms with Crippen molar-refractivity contribution in [2.75, 3.05) is 7.11 Å². The molecule has 1 rings (SSSR count). The molecule has 1 aliphatic rings. The van der Waals surface area contributed by atoms with Crippen LogP contribution in [-0.2, 0) is 9.53 Å². The summed E-state index contributed by atoms with van der Waals surface area (Å²) in [5.41, 5.74) is 0. The Morgan fingerprint density at radius 2 is 2.12 bits per heavy atom. The average molecular weight is 241 g/mol. The maximum Gasteiger partial charge on any atom is 0.323 e. The van der Waals surface area contributed by atoms with Crippen molar-refractivity contribution in [1.29, 1.82) is 0 Å². The third-order valence-corrected chi connectivity index (χ3v) is 3.90. The third kappa shape index (κ3) is 4.30. The second-order valence-electron chi connectivity index (χ2n) is 5.55. The van der Waals surface area contributed by atoms with Gasteiger partial charge in [-0.1, -0.05) is 40.0 Å². The fourth-order valence-corrected chi connectivity index (χ4v) is 2.73. The van der Waals surface area contributed by atoms with Gasteiger partial charge in [-0.05, 0) is 24.7 Å². The molecule has 0 aliphatic heterocycles. The van der Waals surface area contributed by atoms with Gasteiger partial charge in [0.25, 0.3) is 0 Å². The van der Waals surface area contributed by atoms with Gasteiger partial charge in [0, 0.05) is 6.04 Å². The van der Waals surface area contributed by atoms with E-state index in [1.54, 1.807) is 0 Å². The number of hydrogen-bond donors (Lipinski definition) is 1. The lowest BCUT2D eigenvalue weighted by Gasteiger charge is -2.32. The molecular weight excluding hydrogens is 214 g/mol. The van der Waals surface area contributed by atoms with Crippen LogP contribution in [0.1, 0.15) is 52.9 Å². The summed E-state index contributed by atoms with van der Waals surface area (Å²) in [6, 6.07) is 0.334. The molecule has 1 N–H and O–H groups in total. The minimum Gasteiger partial charge on any atom is -0.468 e. The Balaban J connectivity index is 2.51. The molecule has 0 saturated heterocycles. The molecule has 0 amide bonds. The van der Waals surface area contributed by atoms with Crippen LogP contribution in [0.4, 0.5) is 0 Å². The van der Waals surface area contributed by atoms with Crippen LogP contribution in [0, 0.1) is 11.8 Å². The average Bonchev–Trinajstić information content (AvgIpc) is 2.35. The molecule has 0 aromatic heterocycles. The van der Waals surface area contributed by atoms with Crippen LogP contribution in [0.15, 0.2) is 0 Å². The minimum absolute atomic E-state index is 0.126. The highest BCUT2D eigenvalue weighted by atomic mass is 16.5. The summed E-state index contributed by atoms with van der Waals surface area (Å²) in [6.45, 7) is 6.39. The Morgan fingerprint density at radius 1 is 1.41 bits per heavy atom. The van der Waals surface area contributed by atoms with Gasteiger partial charge in [0.1, 0.15) is 6.04 Å². The van der Waals surface area contributed by atoms with Crippen molar-refractivity contribution in [3.63, 3.8) is 0 Å². The molecule has 0 aromatic rings. The Hall–Kier alpha value is -0.570. The Morgan fingerprint density at radius 3 is 2.65 bits per heavy atom. The van der Waals surface area contributed by atoms with Crippen LogP contribution in [0.2, 0.25) is 0 Å². The minimum atomic E-state index is -0.152. The van der Waals surface area contributed by atoms with Crippen molar-refractivity contribution < 1.29 is 9.53 Å². The van der Waals surface area contributed by atoms with Crippen LogP contribution >= 0.6 is 0 Å². The molecule has 0 bridgehead atoms. The molecular formula is C14H27NO2. The molecule has 1 aliphatic carbocycles. The van der Waals surface area contributed by atoms with Gasteiger partial charge in [0.05, 0.1) is 7.11 Å². The van der Waals surface area contributed by atoms with Crippen LogP contribution in [0.25, 0.3) is 0 Å². The van der Waals surface area contributed by atoms with E-state index >= 15 is 0 Å². The predicted octanol–water partition coefficient (Wildman–Crippen LogP) is 2.74. The van der Waals surface area contributed by atoms with Gasteiger partial charge in [-0.15, -0.1) is 0 Å². The monoisotopic (exact) mass is 241 g/mol. The lowest BCUT2D eigenvalue weighted by molar-refractivity contribution is -0.144. The first-order valence-corrected chi connectivity index (χ1v) is 6.92. The van der Waals surface area contributed by atoms with E-state index in [4.69, 9.17) is 4.74 Å².